The molecule has 1 N–H and O–H groups in total. The monoisotopic (exact) mass is 357 g/mol. The molecular weight excluding hydrogens is 333 g/mol. The Balaban J connectivity index is 2.10. The van der Waals surface area contributed by atoms with Crippen LogP contribution in [0.25, 0.3) is 0 Å². The van der Waals surface area contributed by atoms with E-state index in [1.54, 1.807) is 6.07 Å². The van der Waals surface area contributed by atoms with Crippen LogP contribution in [0.1, 0.15) is 38.7 Å². The Labute approximate surface area is 135 Å². The molecule has 0 aromatic heterocycles. The Kier molecular flexibility index (Phi) is 6.65. The van der Waals surface area contributed by atoms with Gasteiger partial charge in [0.1, 0.15) is 5.82 Å². The zero-order chi connectivity index (χ0) is 15.2. The van der Waals surface area contributed by atoms with Crippen molar-refractivity contribution in [1.29, 1.82) is 0 Å². The van der Waals surface area contributed by atoms with Crippen LogP contribution in [0.5, 0.6) is 0 Å². The topological polar surface area (TPSA) is 21.3 Å². The molecule has 0 saturated heterocycles. The minimum absolute atomic E-state index is 0.202. The van der Waals surface area contributed by atoms with Crippen molar-refractivity contribution >= 4 is 15.9 Å². The highest BCUT2D eigenvalue weighted by Gasteiger charge is 2.37. The Bertz CT molecular complexity index is 450. The molecule has 0 bridgehead atoms. The van der Waals surface area contributed by atoms with Crippen LogP contribution in [0.4, 0.5) is 4.39 Å². The van der Waals surface area contributed by atoms with E-state index in [2.05, 4.69) is 35.1 Å². The summed E-state index contributed by atoms with van der Waals surface area (Å²) >= 11 is 3.48. The van der Waals surface area contributed by atoms with Crippen molar-refractivity contribution in [3.8, 4) is 0 Å². The maximum atomic E-state index is 13.2. The number of rotatable bonds is 9. The fourth-order valence-electron chi connectivity index (χ4n) is 2.76. The summed E-state index contributed by atoms with van der Waals surface area (Å²) in [6.45, 7) is 5.96. The largest absolute Gasteiger partial charge is 0.377 e. The normalized spacial score (nSPS) is 17.7. The summed E-state index contributed by atoms with van der Waals surface area (Å²) in [6, 6.07) is 5.23. The van der Waals surface area contributed by atoms with Crippen molar-refractivity contribution in [3.05, 3.63) is 34.1 Å². The van der Waals surface area contributed by atoms with Gasteiger partial charge in [-0.25, -0.2) is 4.39 Å². The first kappa shape index (κ1) is 16.9. The summed E-state index contributed by atoms with van der Waals surface area (Å²) < 4.78 is 20.1. The summed E-state index contributed by atoms with van der Waals surface area (Å²) in [6.07, 6.45) is 4.75. The van der Waals surface area contributed by atoms with Crippen LogP contribution >= 0.6 is 15.9 Å². The maximum Gasteiger partial charge on any atom is 0.124 e. The zero-order valence-electron chi connectivity index (χ0n) is 12.9. The molecule has 1 aromatic rings. The third kappa shape index (κ3) is 5.04. The standard InChI is InChI=1S/C17H25BrFNO/c1-3-9-20-16(17(21-4-2)12-5-6-12)10-13-7-8-14(19)11-15(13)18/h7-8,11-12,16-17,20H,3-6,9-10H2,1-2H3. The average Bonchev–Trinajstić information content (AvgIpc) is 3.28. The van der Waals surface area contributed by atoms with E-state index in [4.69, 9.17) is 4.74 Å². The summed E-state index contributed by atoms with van der Waals surface area (Å²) in [5, 5.41) is 3.63. The van der Waals surface area contributed by atoms with Crippen LogP contribution in [-0.2, 0) is 11.2 Å². The number of hydrogen-bond donors (Lipinski definition) is 1. The van der Waals surface area contributed by atoms with Gasteiger partial charge in [-0.15, -0.1) is 0 Å². The van der Waals surface area contributed by atoms with Crippen molar-refractivity contribution in [2.24, 2.45) is 5.92 Å². The van der Waals surface area contributed by atoms with Gasteiger partial charge in [-0.2, -0.15) is 0 Å². The molecule has 2 atom stereocenters. The van der Waals surface area contributed by atoms with Gasteiger partial charge in [-0.3, -0.25) is 0 Å². The number of benzene rings is 1. The highest BCUT2D eigenvalue weighted by atomic mass is 79.9. The van der Waals surface area contributed by atoms with E-state index in [0.29, 0.717) is 12.0 Å². The summed E-state index contributed by atoms with van der Waals surface area (Å²) in [5.74, 6) is 0.478. The molecule has 0 amide bonds. The third-order valence-corrected chi connectivity index (χ3v) is 4.69. The van der Waals surface area contributed by atoms with Crippen LogP contribution < -0.4 is 5.32 Å². The lowest BCUT2D eigenvalue weighted by Gasteiger charge is -2.28. The van der Waals surface area contributed by atoms with Gasteiger partial charge in [0.2, 0.25) is 0 Å². The van der Waals surface area contributed by atoms with Crippen LogP contribution in [0.2, 0.25) is 0 Å². The number of hydrogen-bond acceptors (Lipinski definition) is 2. The molecular formula is C17H25BrFNO. The van der Waals surface area contributed by atoms with E-state index < -0.39 is 0 Å². The molecule has 0 heterocycles. The molecule has 0 aliphatic heterocycles. The van der Waals surface area contributed by atoms with Crippen molar-refractivity contribution in [1.82, 2.24) is 5.32 Å². The molecule has 0 spiro atoms. The lowest BCUT2D eigenvalue weighted by atomic mass is 9.98. The van der Waals surface area contributed by atoms with Crippen LogP contribution in [0.15, 0.2) is 22.7 Å². The third-order valence-electron chi connectivity index (χ3n) is 3.95. The first-order valence-corrected chi connectivity index (χ1v) is 8.73. The SMILES string of the molecule is CCCNC(Cc1ccc(F)cc1Br)C(OCC)C1CC1. The molecule has 2 nitrogen and oxygen atoms in total. The zero-order valence-corrected chi connectivity index (χ0v) is 14.5. The number of nitrogens with one attached hydrogen (secondary N) is 1. The van der Waals surface area contributed by atoms with Gasteiger partial charge in [-0.05, 0) is 62.8 Å². The number of ether oxygens (including phenoxy) is 1. The van der Waals surface area contributed by atoms with Crippen molar-refractivity contribution in [2.45, 2.75) is 51.7 Å². The predicted molar refractivity (Wildman–Crippen MR) is 88.0 cm³/mol. The lowest BCUT2D eigenvalue weighted by Crippen LogP contribution is -2.44. The molecule has 1 aliphatic carbocycles. The van der Waals surface area contributed by atoms with E-state index in [9.17, 15) is 4.39 Å². The average molecular weight is 358 g/mol. The highest BCUT2D eigenvalue weighted by molar-refractivity contribution is 9.10. The molecule has 1 aliphatic rings. The lowest BCUT2D eigenvalue weighted by molar-refractivity contribution is 0.0192. The van der Waals surface area contributed by atoms with Gasteiger partial charge >= 0.3 is 0 Å². The molecule has 21 heavy (non-hydrogen) atoms. The molecule has 118 valence electrons. The second-order valence-electron chi connectivity index (χ2n) is 5.76. The van der Waals surface area contributed by atoms with Crippen LogP contribution in [-0.4, -0.2) is 25.3 Å². The van der Waals surface area contributed by atoms with Crippen LogP contribution in [0.3, 0.4) is 0 Å². The van der Waals surface area contributed by atoms with E-state index in [1.807, 2.05) is 6.07 Å². The second-order valence-corrected chi connectivity index (χ2v) is 6.61. The highest BCUT2D eigenvalue weighted by Crippen LogP contribution is 2.37. The Hall–Kier alpha value is -0.450. The van der Waals surface area contributed by atoms with E-state index in [1.165, 1.54) is 18.9 Å². The van der Waals surface area contributed by atoms with Gasteiger partial charge in [0, 0.05) is 17.1 Å². The Morgan fingerprint density at radius 3 is 2.71 bits per heavy atom. The van der Waals surface area contributed by atoms with Gasteiger partial charge in [0.25, 0.3) is 0 Å². The molecule has 1 aromatic carbocycles. The minimum Gasteiger partial charge on any atom is -0.377 e. The van der Waals surface area contributed by atoms with E-state index in [0.717, 1.165) is 36.0 Å². The molecule has 1 fully saturated rings. The fraction of sp³-hybridized carbons (Fsp3) is 0.647. The van der Waals surface area contributed by atoms with E-state index >= 15 is 0 Å². The number of halogens is 2. The Morgan fingerprint density at radius 2 is 2.14 bits per heavy atom. The van der Waals surface area contributed by atoms with Crippen molar-refractivity contribution in [2.75, 3.05) is 13.2 Å². The molecule has 2 unspecified atom stereocenters. The summed E-state index contributed by atoms with van der Waals surface area (Å²) in [7, 11) is 0. The second kappa shape index (κ2) is 8.25. The van der Waals surface area contributed by atoms with Gasteiger partial charge < -0.3 is 10.1 Å². The molecule has 0 radical (unpaired) electrons. The van der Waals surface area contributed by atoms with Crippen molar-refractivity contribution in [3.63, 3.8) is 0 Å². The minimum atomic E-state index is -0.202. The fourth-order valence-corrected chi connectivity index (χ4v) is 3.27. The first-order chi connectivity index (χ1) is 10.2. The maximum absolute atomic E-state index is 13.2. The molecule has 2 rings (SSSR count). The summed E-state index contributed by atoms with van der Waals surface area (Å²) in [4.78, 5) is 0. The van der Waals surface area contributed by atoms with E-state index in [-0.39, 0.29) is 11.9 Å². The first-order valence-electron chi connectivity index (χ1n) is 7.94. The quantitative estimate of drug-likeness (QED) is 0.710. The van der Waals surface area contributed by atoms with Gasteiger partial charge in [-0.1, -0.05) is 28.9 Å². The summed E-state index contributed by atoms with van der Waals surface area (Å²) in [5.41, 5.74) is 1.13. The predicted octanol–water partition coefficient (Wildman–Crippen LogP) is 4.31. The molecule has 1 saturated carbocycles. The van der Waals surface area contributed by atoms with Crippen molar-refractivity contribution < 1.29 is 9.13 Å². The smallest absolute Gasteiger partial charge is 0.124 e. The van der Waals surface area contributed by atoms with Crippen LogP contribution in [0, 0.1) is 11.7 Å². The van der Waals surface area contributed by atoms with Gasteiger partial charge in [0.15, 0.2) is 0 Å². The molecule has 4 heteroatoms. The Morgan fingerprint density at radius 1 is 1.38 bits per heavy atom. The van der Waals surface area contributed by atoms with Gasteiger partial charge in [0.05, 0.1) is 6.10 Å².